The lowest BCUT2D eigenvalue weighted by Crippen LogP contribution is -2.52. The molecule has 3 fully saturated rings. The Morgan fingerprint density at radius 1 is 1.07 bits per heavy atom. The van der Waals surface area contributed by atoms with Crippen LogP contribution in [0.3, 0.4) is 0 Å². The fraction of sp³-hybridized carbons (Fsp3) is 0.353. The number of halogens is 3. The third-order valence-corrected chi connectivity index (χ3v) is 9.62. The molecule has 0 aliphatic carbocycles. The first-order chi connectivity index (χ1) is 21.3. The van der Waals surface area contributed by atoms with Crippen molar-refractivity contribution in [3.8, 4) is 35.2 Å². The summed E-state index contributed by atoms with van der Waals surface area (Å²) in [5, 5.41) is 15.3. The van der Waals surface area contributed by atoms with Gasteiger partial charge in [0.25, 0.3) is 0 Å². The number of nitrogens with zero attached hydrogens (tertiary/aromatic N) is 4. The highest BCUT2D eigenvalue weighted by atomic mass is 19.1. The highest BCUT2D eigenvalue weighted by Gasteiger charge is 2.49. The van der Waals surface area contributed by atoms with Crippen LogP contribution in [0.4, 0.5) is 19.0 Å². The third kappa shape index (κ3) is 4.29. The van der Waals surface area contributed by atoms with Crippen molar-refractivity contribution < 1.29 is 23.0 Å². The Kier molecular flexibility index (Phi) is 6.26. The number of hydrogen-bond donors (Lipinski definition) is 2. The average molecular weight is 598 g/mol. The molecule has 7 nitrogen and oxygen atoms in total. The molecular weight excluding hydrogens is 567 g/mol. The number of phenolic OH excluding ortho intramolecular Hbond substituents is 1. The van der Waals surface area contributed by atoms with Gasteiger partial charge in [0.1, 0.15) is 35.7 Å². The van der Waals surface area contributed by atoms with Crippen molar-refractivity contribution in [3.05, 3.63) is 65.7 Å². The summed E-state index contributed by atoms with van der Waals surface area (Å²) in [6.45, 7) is 2.67. The Balaban J connectivity index is 1.28. The van der Waals surface area contributed by atoms with E-state index < -0.39 is 23.3 Å². The molecule has 4 aromatic rings. The fourth-order valence-electron chi connectivity index (χ4n) is 7.67. The topological polar surface area (TPSA) is 73.8 Å². The molecule has 2 N–H and O–H groups in total. The summed E-state index contributed by atoms with van der Waals surface area (Å²) in [6.07, 6.45) is 11.2. The molecule has 3 aromatic carbocycles. The summed E-state index contributed by atoms with van der Waals surface area (Å²) in [7, 11) is 0. The number of phenols is 1. The molecule has 4 unspecified atom stereocenters. The number of benzene rings is 3. The highest BCUT2D eigenvalue weighted by Crippen LogP contribution is 2.42. The van der Waals surface area contributed by atoms with Gasteiger partial charge < -0.3 is 20.1 Å². The fourth-order valence-corrected chi connectivity index (χ4v) is 7.67. The number of piperazine rings is 1. The Bertz CT molecular complexity index is 1890. The number of alkyl halides is 1. The first-order valence-electron chi connectivity index (χ1n) is 15.0. The lowest BCUT2D eigenvalue weighted by Gasteiger charge is -2.35. The summed E-state index contributed by atoms with van der Waals surface area (Å²) >= 11 is 0. The van der Waals surface area contributed by atoms with Crippen LogP contribution in [0.25, 0.3) is 32.8 Å². The van der Waals surface area contributed by atoms with Gasteiger partial charge in [-0.1, -0.05) is 30.2 Å². The van der Waals surface area contributed by atoms with Gasteiger partial charge in [-0.05, 0) is 54.6 Å². The molecule has 2 bridgehead atoms. The van der Waals surface area contributed by atoms with Crippen LogP contribution >= 0.6 is 0 Å². The minimum Gasteiger partial charge on any atom is -0.508 e. The predicted octanol–water partition coefficient (Wildman–Crippen LogP) is 5.09. The van der Waals surface area contributed by atoms with E-state index in [1.807, 2.05) is 0 Å². The first-order valence-corrected chi connectivity index (χ1v) is 15.0. The maximum atomic E-state index is 16.8. The summed E-state index contributed by atoms with van der Waals surface area (Å²) in [4.78, 5) is 13.6. The number of rotatable bonds is 5. The number of anilines is 1. The largest absolute Gasteiger partial charge is 0.508 e. The van der Waals surface area contributed by atoms with Gasteiger partial charge in [-0.2, -0.15) is 9.97 Å². The molecule has 3 saturated heterocycles. The molecule has 8 rings (SSSR count). The van der Waals surface area contributed by atoms with Crippen LogP contribution in [0.1, 0.15) is 24.8 Å². The number of terminal acetylenes is 1. The molecule has 0 amide bonds. The SMILES string of the molecule is C#Cc1c(F)ccc2cc(O)cc(-c3ccc4c(N5CC6C=CC(C5)N6)nc(OCC56CCCN5CC(F)C6)nc4c3F)c12. The number of hydrogen-bond acceptors (Lipinski definition) is 7. The number of aromatic nitrogens is 2. The van der Waals surface area contributed by atoms with Gasteiger partial charge in [0.15, 0.2) is 5.82 Å². The van der Waals surface area contributed by atoms with E-state index in [2.05, 4.69) is 38.2 Å². The summed E-state index contributed by atoms with van der Waals surface area (Å²) in [6, 6.07) is 9.21. The molecule has 4 aliphatic heterocycles. The predicted molar refractivity (Wildman–Crippen MR) is 163 cm³/mol. The number of fused-ring (bicyclic) bond motifs is 5. The van der Waals surface area contributed by atoms with Gasteiger partial charge in [-0.3, -0.25) is 4.90 Å². The molecule has 224 valence electrons. The van der Waals surface area contributed by atoms with Crippen molar-refractivity contribution >= 4 is 27.5 Å². The van der Waals surface area contributed by atoms with E-state index in [9.17, 15) is 13.9 Å². The van der Waals surface area contributed by atoms with Crippen molar-refractivity contribution in [1.82, 2.24) is 20.2 Å². The van der Waals surface area contributed by atoms with E-state index in [4.69, 9.17) is 16.1 Å². The van der Waals surface area contributed by atoms with E-state index in [0.717, 1.165) is 19.4 Å². The van der Waals surface area contributed by atoms with Gasteiger partial charge in [-0.25, -0.2) is 13.2 Å². The van der Waals surface area contributed by atoms with Crippen LogP contribution in [0, 0.1) is 24.0 Å². The minimum atomic E-state index is -0.911. The lowest BCUT2D eigenvalue weighted by molar-refractivity contribution is 0.107. The monoisotopic (exact) mass is 597 g/mol. The van der Waals surface area contributed by atoms with Crippen LogP contribution in [0.5, 0.6) is 11.8 Å². The van der Waals surface area contributed by atoms with E-state index >= 15 is 4.39 Å². The molecule has 4 aliphatic rings. The van der Waals surface area contributed by atoms with Gasteiger partial charge in [0.05, 0.1) is 11.1 Å². The smallest absolute Gasteiger partial charge is 0.319 e. The van der Waals surface area contributed by atoms with Crippen LogP contribution in [0.15, 0.2) is 48.6 Å². The zero-order chi connectivity index (χ0) is 30.2. The average Bonchev–Trinajstić information content (AvgIpc) is 3.66. The second-order valence-corrected chi connectivity index (χ2v) is 12.3. The van der Waals surface area contributed by atoms with E-state index in [-0.39, 0.29) is 52.7 Å². The van der Waals surface area contributed by atoms with Crippen molar-refractivity contribution in [2.24, 2.45) is 0 Å². The van der Waals surface area contributed by atoms with Crippen molar-refractivity contribution in [3.63, 3.8) is 0 Å². The Morgan fingerprint density at radius 3 is 2.68 bits per heavy atom. The van der Waals surface area contributed by atoms with Crippen LogP contribution in [0.2, 0.25) is 0 Å². The van der Waals surface area contributed by atoms with Crippen LogP contribution in [-0.4, -0.2) is 76.6 Å². The second-order valence-electron chi connectivity index (χ2n) is 12.3. The Morgan fingerprint density at radius 2 is 1.89 bits per heavy atom. The first kappa shape index (κ1) is 27.2. The van der Waals surface area contributed by atoms with E-state index in [1.165, 1.54) is 24.3 Å². The normalized spacial score (nSPS) is 26.0. The van der Waals surface area contributed by atoms with Crippen LogP contribution in [-0.2, 0) is 0 Å². The molecule has 0 saturated carbocycles. The summed E-state index contributed by atoms with van der Waals surface area (Å²) in [5.74, 6) is 1.54. The maximum Gasteiger partial charge on any atom is 0.319 e. The molecule has 5 heterocycles. The maximum absolute atomic E-state index is 16.8. The summed E-state index contributed by atoms with van der Waals surface area (Å²) in [5.41, 5.74) is -0.0514. The van der Waals surface area contributed by atoms with Gasteiger partial charge in [-0.15, -0.1) is 6.42 Å². The van der Waals surface area contributed by atoms with Crippen molar-refractivity contribution in [1.29, 1.82) is 0 Å². The molecule has 0 radical (unpaired) electrons. The van der Waals surface area contributed by atoms with Crippen molar-refractivity contribution in [2.75, 3.05) is 37.7 Å². The van der Waals surface area contributed by atoms with Crippen molar-refractivity contribution in [2.45, 2.75) is 43.1 Å². The zero-order valence-corrected chi connectivity index (χ0v) is 23.9. The number of nitrogens with one attached hydrogen (secondary N) is 1. The van der Waals surface area contributed by atoms with E-state index in [1.54, 1.807) is 12.1 Å². The van der Waals surface area contributed by atoms with Gasteiger partial charge in [0.2, 0.25) is 0 Å². The molecule has 44 heavy (non-hydrogen) atoms. The molecular formula is C34H30F3N5O2. The highest BCUT2D eigenvalue weighted by molar-refractivity contribution is 6.04. The minimum absolute atomic E-state index is 0.0158. The molecule has 0 spiro atoms. The zero-order valence-electron chi connectivity index (χ0n) is 23.9. The Labute approximate surface area is 252 Å². The number of ether oxygens (including phenoxy) is 1. The molecule has 1 aromatic heterocycles. The second kappa shape index (κ2) is 10.1. The quantitative estimate of drug-likeness (QED) is 0.245. The van der Waals surface area contributed by atoms with Gasteiger partial charge in [0, 0.05) is 54.5 Å². The number of aromatic hydroxyl groups is 1. The third-order valence-electron chi connectivity index (χ3n) is 9.62. The summed E-state index contributed by atoms with van der Waals surface area (Å²) < 4.78 is 52.2. The lowest BCUT2D eigenvalue weighted by atomic mass is 9.93. The van der Waals surface area contributed by atoms with E-state index in [0.29, 0.717) is 48.0 Å². The Hall–Kier alpha value is -4.33. The van der Waals surface area contributed by atoms with Crippen LogP contribution < -0.4 is 15.0 Å². The molecule has 10 heteroatoms. The van der Waals surface area contributed by atoms with Gasteiger partial charge >= 0.3 is 6.01 Å². The standard InChI is InChI=1S/C34H30F3N5O2/c1-2-24-28(36)9-4-19-12-23(43)13-27(29(19)24)25-7-8-26-31(30(25)37)39-33(40-32(26)41-16-21-5-6-22(17-41)38-21)44-18-34-10-3-11-42(34)15-20(35)14-34/h1,4-9,12-13,20-22,38,43H,3,10-11,14-18H2. The molecule has 4 atom stereocenters.